The van der Waals surface area contributed by atoms with Gasteiger partial charge in [0, 0.05) is 31.0 Å². The van der Waals surface area contributed by atoms with E-state index < -0.39 is 0 Å². The maximum atomic E-state index is 13.2. The molecule has 182 valence electrons. The fourth-order valence-electron chi connectivity index (χ4n) is 5.69. The Morgan fingerprint density at radius 2 is 1.60 bits per heavy atom. The molecule has 5 rings (SSSR count). The fourth-order valence-corrected chi connectivity index (χ4v) is 5.69. The first kappa shape index (κ1) is 23.6. The summed E-state index contributed by atoms with van der Waals surface area (Å²) in [6.45, 7) is 4.65. The molecular formula is C31H37N3O. The highest BCUT2D eigenvalue weighted by Gasteiger charge is 2.24. The maximum absolute atomic E-state index is 13.2. The Balaban J connectivity index is 1.35. The van der Waals surface area contributed by atoms with Gasteiger partial charge in [0.2, 0.25) is 0 Å². The van der Waals surface area contributed by atoms with E-state index in [2.05, 4.69) is 66.7 Å². The van der Waals surface area contributed by atoms with Crippen molar-refractivity contribution in [2.24, 2.45) is 5.92 Å². The number of amides is 2. The van der Waals surface area contributed by atoms with Crippen LogP contribution in [0.2, 0.25) is 0 Å². The van der Waals surface area contributed by atoms with E-state index in [0.717, 1.165) is 30.4 Å². The Labute approximate surface area is 210 Å². The van der Waals surface area contributed by atoms with Gasteiger partial charge < -0.3 is 10.2 Å². The zero-order valence-corrected chi connectivity index (χ0v) is 21.0. The predicted octanol–water partition coefficient (Wildman–Crippen LogP) is 7.52. The van der Waals surface area contributed by atoms with Crippen LogP contribution >= 0.6 is 0 Å². The van der Waals surface area contributed by atoms with Crippen LogP contribution in [0.3, 0.4) is 0 Å². The van der Waals surface area contributed by atoms with Crippen LogP contribution in [0.1, 0.15) is 56.1 Å². The minimum Gasteiger partial charge on any atom is -0.308 e. The van der Waals surface area contributed by atoms with E-state index >= 15 is 0 Å². The first-order valence-electron chi connectivity index (χ1n) is 13.2. The highest BCUT2D eigenvalue weighted by atomic mass is 16.2. The average Bonchev–Trinajstić information content (AvgIpc) is 3.07. The van der Waals surface area contributed by atoms with Gasteiger partial charge in [-0.15, -0.1) is 0 Å². The summed E-state index contributed by atoms with van der Waals surface area (Å²) in [6, 6.07) is 25.4. The molecule has 3 aromatic rings. The largest absolute Gasteiger partial charge is 0.326 e. The molecule has 0 atom stereocenters. The van der Waals surface area contributed by atoms with Crippen molar-refractivity contribution in [3.8, 4) is 11.1 Å². The van der Waals surface area contributed by atoms with E-state index in [1.54, 1.807) is 0 Å². The first-order chi connectivity index (χ1) is 17.1. The predicted molar refractivity (Wildman–Crippen MR) is 146 cm³/mol. The number of carbonyl (C=O) groups is 1. The van der Waals surface area contributed by atoms with Crippen LogP contribution in [0.5, 0.6) is 0 Å². The molecule has 1 aliphatic carbocycles. The Kier molecular flexibility index (Phi) is 7.19. The van der Waals surface area contributed by atoms with Gasteiger partial charge in [-0.3, -0.25) is 4.90 Å². The molecule has 0 aromatic heterocycles. The van der Waals surface area contributed by atoms with Gasteiger partial charge in [-0.05, 0) is 91.1 Å². The molecule has 0 saturated heterocycles. The molecule has 1 heterocycles. The Morgan fingerprint density at radius 3 is 2.31 bits per heavy atom. The quantitative estimate of drug-likeness (QED) is 0.431. The van der Waals surface area contributed by atoms with Crippen LogP contribution in [0.25, 0.3) is 11.1 Å². The van der Waals surface area contributed by atoms with Crippen molar-refractivity contribution < 1.29 is 4.79 Å². The third-order valence-electron chi connectivity index (χ3n) is 7.93. The molecule has 35 heavy (non-hydrogen) atoms. The van der Waals surface area contributed by atoms with Crippen LogP contribution in [-0.4, -0.2) is 31.1 Å². The number of hydrogen-bond donors (Lipinski definition) is 1. The van der Waals surface area contributed by atoms with Crippen molar-refractivity contribution in [1.29, 1.82) is 0 Å². The summed E-state index contributed by atoms with van der Waals surface area (Å²) in [5.41, 5.74) is 6.94. The highest BCUT2D eigenvalue weighted by Crippen LogP contribution is 2.38. The number of anilines is 2. The zero-order valence-electron chi connectivity index (χ0n) is 21.0. The van der Waals surface area contributed by atoms with Crippen molar-refractivity contribution in [2.75, 3.05) is 30.4 Å². The number of nitrogens with zero attached hydrogens (tertiary/aromatic N) is 2. The van der Waals surface area contributed by atoms with Crippen LogP contribution in [0.4, 0.5) is 16.2 Å². The summed E-state index contributed by atoms with van der Waals surface area (Å²) in [5, 5.41) is 3.05. The Morgan fingerprint density at radius 1 is 0.886 bits per heavy atom. The molecule has 0 bridgehead atoms. The van der Waals surface area contributed by atoms with E-state index in [1.165, 1.54) is 54.4 Å². The molecule has 1 N–H and O–H groups in total. The lowest BCUT2D eigenvalue weighted by molar-refractivity contribution is 0.256. The lowest BCUT2D eigenvalue weighted by atomic mass is 9.77. The van der Waals surface area contributed by atoms with Crippen molar-refractivity contribution in [3.63, 3.8) is 0 Å². The van der Waals surface area contributed by atoms with Gasteiger partial charge in [0.25, 0.3) is 0 Å². The molecule has 0 radical (unpaired) electrons. The smallest absolute Gasteiger partial charge is 0.308 e. The number of fused-ring (bicyclic) bond motifs is 1. The summed E-state index contributed by atoms with van der Waals surface area (Å²) in [5.74, 6) is 1.64. The van der Waals surface area contributed by atoms with Gasteiger partial charge in [-0.25, -0.2) is 4.79 Å². The topological polar surface area (TPSA) is 35.6 Å². The number of carbonyl (C=O) groups excluding carboxylic acids is 1. The third-order valence-corrected chi connectivity index (χ3v) is 7.93. The van der Waals surface area contributed by atoms with E-state index in [0.29, 0.717) is 12.5 Å². The summed E-state index contributed by atoms with van der Waals surface area (Å²) in [4.78, 5) is 17.3. The Bertz CT molecular complexity index is 1130. The second-order valence-electron chi connectivity index (χ2n) is 10.3. The third kappa shape index (κ3) is 5.43. The number of urea groups is 1. The molecule has 1 aliphatic heterocycles. The highest BCUT2D eigenvalue weighted by molar-refractivity contribution is 6.02. The van der Waals surface area contributed by atoms with Crippen molar-refractivity contribution in [1.82, 2.24) is 4.90 Å². The number of nitrogens with one attached hydrogen (secondary N) is 1. The molecule has 4 nitrogen and oxygen atoms in total. The van der Waals surface area contributed by atoms with Gasteiger partial charge in [0.05, 0.1) is 0 Å². The van der Waals surface area contributed by atoms with E-state index in [1.807, 2.05) is 35.2 Å². The minimum atomic E-state index is -0.0809. The van der Waals surface area contributed by atoms with E-state index in [-0.39, 0.29) is 6.03 Å². The first-order valence-corrected chi connectivity index (χ1v) is 13.2. The van der Waals surface area contributed by atoms with Crippen molar-refractivity contribution in [3.05, 3.63) is 83.9 Å². The molecule has 2 amide bonds. The van der Waals surface area contributed by atoms with Gasteiger partial charge in [-0.2, -0.15) is 0 Å². The molecule has 2 aliphatic rings. The normalized spacial score (nSPS) is 20.7. The summed E-state index contributed by atoms with van der Waals surface area (Å²) < 4.78 is 0. The maximum Gasteiger partial charge on any atom is 0.326 e. The molecular weight excluding hydrogens is 430 g/mol. The van der Waals surface area contributed by atoms with Crippen LogP contribution in [-0.2, 0) is 6.54 Å². The van der Waals surface area contributed by atoms with E-state index in [9.17, 15) is 4.79 Å². The van der Waals surface area contributed by atoms with Crippen LogP contribution < -0.4 is 10.2 Å². The fraction of sp³-hybridized carbons (Fsp3) is 0.387. The number of rotatable bonds is 4. The van der Waals surface area contributed by atoms with Crippen molar-refractivity contribution >= 4 is 17.4 Å². The number of para-hydroxylation sites is 1. The van der Waals surface area contributed by atoms with Crippen LogP contribution in [0, 0.1) is 5.92 Å². The molecule has 1 fully saturated rings. The molecule has 4 heteroatoms. The van der Waals surface area contributed by atoms with Crippen molar-refractivity contribution in [2.45, 2.75) is 51.5 Å². The Hall–Kier alpha value is -3.11. The average molecular weight is 468 g/mol. The molecule has 0 unspecified atom stereocenters. The summed E-state index contributed by atoms with van der Waals surface area (Å²) in [6.07, 6.45) is 6.71. The minimum absolute atomic E-state index is 0.0809. The lowest BCUT2D eigenvalue weighted by Gasteiger charge is -2.28. The second kappa shape index (κ2) is 10.7. The second-order valence-corrected chi connectivity index (χ2v) is 10.3. The summed E-state index contributed by atoms with van der Waals surface area (Å²) >= 11 is 0. The SMILES string of the molecule is CCC1CCC(c2ccc(-c3ccc4c(c3)CN(C)CCN4C(=O)Nc3ccccc3)cc2)CC1. The zero-order chi connectivity index (χ0) is 24.2. The lowest BCUT2D eigenvalue weighted by Crippen LogP contribution is -2.38. The van der Waals surface area contributed by atoms with Gasteiger partial charge in [0.15, 0.2) is 0 Å². The standard InChI is InChI=1S/C31H37N3O/c1-3-23-9-11-24(12-10-23)25-13-15-26(16-14-25)27-17-18-30-28(21-27)22-33(2)19-20-34(30)31(35)32-29-7-5-4-6-8-29/h4-8,13-18,21,23-24H,3,9-12,19-20,22H2,1-2H3,(H,32,35). The number of benzene rings is 3. The molecule has 0 spiro atoms. The molecule has 1 saturated carbocycles. The van der Waals surface area contributed by atoms with Gasteiger partial charge >= 0.3 is 6.03 Å². The van der Waals surface area contributed by atoms with Gasteiger partial charge in [0.1, 0.15) is 0 Å². The number of hydrogen-bond acceptors (Lipinski definition) is 2. The monoisotopic (exact) mass is 467 g/mol. The summed E-state index contributed by atoms with van der Waals surface area (Å²) in [7, 11) is 2.12. The van der Waals surface area contributed by atoms with Crippen LogP contribution in [0.15, 0.2) is 72.8 Å². The van der Waals surface area contributed by atoms with E-state index in [4.69, 9.17) is 0 Å². The number of likely N-dealkylation sites (N-methyl/N-ethyl adjacent to an activating group) is 1. The molecule has 3 aromatic carbocycles. The van der Waals surface area contributed by atoms with Gasteiger partial charge in [-0.1, -0.05) is 61.9 Å².